The number of nitrogens with zero attached hydrogens (tertiary/aromatic N) is 9. The van der Waals surface area contributed by atoms with Crippen LogP contribution in [0.2, 0.25) is 0 Å². The minimum Gasteiger partial charge on any atom is -0.381 e. The third kappa shape index (κ3) is 22.2. The molecule has 6 fully saturated rings. The summed E-state index contributed by atoms with van der Waals surface area (Å²) in [4.78, 5) is 58.8. The van der Waals surface area contributed by atoms with Gasteiger partial charge in [0.25, 0.3) is 17.7 Å². The van der Waals surface area contributed by atoms with Crippen LogP contribution in [0.15, 0.2) is 179 Å². The van der Waals surface area contributed by atoms with Gasteiger partial charge in [0.15, 0.2) is 0 Å². The van der Waals surface area contributed by atoms with Gasteiger partial charge in [0.05, 0.1) is 42.9 Å². The number of hydrogen-bond acceptors (Lipinski definition) is 15. The van der Waals surface area contributed by atoms with E-state index in [2.05, 4.69) is 30.9 Å². The SMILES string of the molecule is [2H]c1cc(C(=O)NC2=NCc3ccc(Cc4cc(F)c([2H])c(F)c4)cc32)c(CC2CCOCC2)c([2H])c1N1C([2H])([2H])C([2H])([2H])N(C([2H])([2H])[2H])C([2H])([2H])C1([2H])[2H].[2H]c1cc(C(=O)NC2=NCc3ccc(Cc4cc(F)c([2H])c(F)c4)cc32)c(CC2CCOCC2)c([2H])c1N1C([2H])([2H])C([2H])([2H])N(C)C([2H])([2H])C1([2H])[2H].[2H]c1cc(C(=O)NC2=NCc3ccc(Cc4cc(F)c([2H])c(F)c4)cc32)c(CC2CCOCC2)c([2H])c1N1CCN(C([2H])([2H])[2H])CC1. The molecule has 0 unspecified atom stereocenters. The first-order valence-corrected chi connectivity index (χ1v) is 40.5. The average molecular weight is 1710 g/mol. The van der Waals surface area contributed by atoms with E-state index in [1.165, 1.54) is 11.0 Å². The van der Waals surface area contributed by atoms with Crippen molar-refractivity contribution in [3.05, 3.63) is 299 Å². The largest absolute Gasteiger partial charge is 0.381 e. The summed E-state index contributed by atoms with van der Waals surface area (Å²) in [5.41, 5.74) is 6.14. The smallest absolute Gasteiger partial charge is 0.257 e. The summed E-state index contributed by atoms with van der Waals surface area (Å²) in [6.07, 6.45) is 4.61. The number of aliphatic imine (C=N–C) groups is 3. The van der Waals surface area contributed by atoms with Crippen molar-refractivity contribution < 1.29 is 97.4 Å². The van der Waals surface area contributed by atoms with Crippen LogP contribution < -0.4 is 30.7 Å². The molecule has 3 N–H and O–H groups in total. The molecule has 0 radical (unpaired) electrons. The van der Waals surface area contributed by atoms with Crippen molar-refractivity contribution in [1.82, 2.24) is 30.7 Å². The molecule has 0 aliphatic carbocycles. The topological polar surface area (TPSA) is 172 Å². The first-order chi connectivity index (χ1) is 72.0. The van der Waals surface area contributed by atoms with E-state index in [-0.39, 0.29) is 143 Å². The number of amides is 3. The van der Waals surface area contributed by atoms with Gasteiger partial charge < -0.3 is 59.6 Å². The molecule has 123 heavy (non-hydrogen) atoms. The molecule has 0 atom stereocenters. The maximum absolute atomic E-state index is 14.1. The number of fused-ring (bicyclic) bond motifs is 3. The highest BCUT2D eigenvalue weighted by atomic mass is 19.2. The van der Waals surface area contributed by atoms with Crippen molar-refractivity contribution in [2.24, 2.45) is 32.7 Å². The Balaban J connectivity index is 0.000000164. The first-order valence-electron chi connectivity index (χ1n) is 56.0. The van der Waals surface area contributed by atoms with Crippen LogP contribution >= 0.6 is 0 Å². The van der Waals surface area contributed by atoms with Gasteiger partial charge in [-0.25, -0.2) is 26.3 Å². The third-order valence-electron chi connectivity index (χ3n) is 22.3. The lowest BCUT2D eigenvalue weighted by Gasteiger charge is -2.34. The number of halogens is 6. The molecule has 9 aromatic carbocycles. The van der Waals surface area contributed by atoms with Crippen molar-refractivity contribution in [2.75, 3.05) is 153 Å². The van der Waals surface area contributed by atoms with Crippen LogP contribution in [0.5, 0.6) is 0 Å². The maximum atomic E-state index is 14.1. The molecule has 3 amide bonds. The van der Waals surface area contributed by atoms with Crippen LogP contribution in [-0.4, -0.2) is 189 Å². The number of piperazine rings is 3. The number of rotatable bonds is 18. The van der Waals surface area contributed by atoms with Gasteiger partial charge in [-0.05, 0) is 292 Å². The molecule has 0 saturated carbocycles. The minimum absolute atomic E-state index is 0.0172. The number of ether oxygens (including phenoxy) is 3. The van der Waals surface area contributed by atoms with Gasteiger partial charge in [-0.2, -0.15) is 0 Å². The first kappa shape index (κ1) is 55.4. The van der Waals surface area contributed by atoms with Crippen LogP contribution in [0.4, 0.5) is 43.4 Å². The number of amidine groups is 3. The molecule has 6 saturated heterocycles. The maximum Gasteiger partial charge on any atom is 0.257 e. The third-order valence-corrected chi connectivity index (χ3v) is 22.3. The highest BCUT2D eigenvalue weighted by Gasteiger charge is 2.31. The fourth-order valence-corrected chi connectivity index (χ4v) is 15.9. The molecule has 9 aliphatic rings. The van der Waals surface area contributed by atoms with Gasteiger partial charge in [0.1, 0.15) is 52.4 Å². The Labute approximate surface area is 760 Å². The fraction of sp³-hybridized carbons (Fsp3) is 0.394. The quantitative estimate of drug-likeness (QED) is 0.0696. The van der Waals surface area contributed by atoms with Gasteiger partial charge in [0.2, 0.25) is 0 Å². The van der Waals surface area contributed by atoms with E-state index in [0.717, 1.165) is 85.1 Å². The highest BCUT2D eigenvalue weighted by molar-refractivity contribution is 6.16. The Morgan fingerprint density at radius 3 is 0.992 bits per heavy atom. The fourth-order valence-electron chi connectivity index (χ4n) is 15.9. The molecular formula is C99H108F6N12O6. The summed E-state index contributed by atoms with van der Waals surface area (Å²) in [5, 5.41) is 8.37. The molecule has 9 aliphatic heterocycles. The standard InChI is InChI=1S/3C33H36F2N4O2/c3*1-38-8-10-39(11-9-38)29-4-5-30(26(19-29)15-22-6-12-41-13-7-22)33(40)37-32-31-18-23(2-3-25(31)21-36-32)14-24-16-27(34)20-28(35)17-24/h3*2-5,16-20,22H,6-15,21H2,1H3,(H,36,37,40)/i1D3,4D,8D2,9D2,10D2,11D2,19D,20D;4D,8D2,9D2,10D2,11D2,19D,20D;1D3,4D,19D,20D. The monoisotopic (exact) mass is 1710 g/mol. The number of nitrogens with one attached hydrogen (secondary N) is 3. The lowest BCUT2D eigenvalue weighted by atomic mass is 9.89. The summed E-state index contributed by atoms with van der Waals surface area (Å²) in [6.45, 7) is -28.9. The predicted molar refractivity (Wildman–Crippen MR) is 470 cm³/mol. The van der Waals surface area contributed by atoms with Crippen LogP contribution in [0.1, 0.15) is 196 Å². The summed E-state index contributed by atoms with van der Waals surface area (Å²) in [6, 6.07) is 20.8. The van der Waals surface area contributed by atoms with E-state index in [1.54, 1.807) is 36.4 Å². The molecule has 18 rings (SSSR count). The number of likely N-dealkylation sites (N-methyl/N-ethyl adjacent to an activating group) is 3. The second kappa shape index (κ2) is 39.8. The van der Waals surface area contributed by atoms with Crippen molar-refractivity contribution in [3.63, 3.8) is 0 Å². The Morgan fingerprint density at radius 1 is 0.382 bits per heavy atom. The summed E-state index contributed by atoms with van der Waals surface area (Å²) in [7, 11) is 0.919. The summed E-state index contributed by atoms with van der Waals surface area (Å²) in [5.74, 6) is -7.48. The average Bonchev–Trinajstić information content (AvgIpc) is 0.746. The second-order valence-electron chi connectivity index (χ2n) is 31.1. The van der Waals surface area contributed by atoms with Crippen LogP contribution in [0, 0.1) is 52.7 Å². The van der Waals surface area contributed by atoms with Crippen LogP contribution in [0.3, 0.4) is 0 Å². The number of carbonyl (C=O) groups excluding carboxylic acids is 3. The van der Waals surface area contributed by atoms with Crippen molar-refractivity contribution in [2.45, 2.75) is 96.7 Å². The summed E-state index contributed by atoms with van der Waals surface area (Å²) < 4.78 is 362. The Hall–Kier alpha value is -10.9. The van der Waals surface area contributed by atoms with E-state index in [4.69, 9.17) is 52.6 Å². The minimum atomic E-state index is -3.75. The van der Waals surface area contributed by atoms with Crippen molar-refractivity contribution in [1.29, 1.82) is 0 Å². The molecule has 0 spiro atoms. The number of anilines is 3. The van der Waals surface area contributed by atoms with Gasteiger partial charge in [0, 0.05) is 206 Å². The second-order valence-corrected chi connectivity index (χ2v) is 31.1. The number of benzene rings is 9. The molecular weight excluding hydrogens is 1570 g/mol. The van der Waals surface area contributed by atoms with E-state index in [9.17, 15) is 44.8 Å². The lowest BCUT2D eigenvalue weighted by Crippen LogP contribution is -2.44. The van der Waals surface area contributed by atoms with Gasteiger partial charge in [-0.15, -0.1) is 0 Å². The van der Waals surface area contributed by atoms with Crippen LogP contribution in [0.25, 0.3) is 0 Å². The zero-order valence-corrected chi connectivity index (χ0v) is 67.0. The lowest BCUT2D eigenvalue weighted by molar-refractivity contribution is 0.0663. The number of hydrogen-bond donors (Lipinski definition) is 3. The van der Waals surface area contributed by atoms with E-state index in [0.29, 0.717) is 158 Å². The van der Waals surface area contributed by atoms with E-state index in [1.807, 2.05) is 23.1 Å². The zero-order chi connectivity index (χ0) is 112. The van der Waals surface area contributed by atoms with E-state index < -0.39 is 177 Å². The Morgan fingerprint density at radius 2 is 0.683 bits per heavy atom. The van der Waals surface area contributed by atoms with Gasteiger partial charge in [-0.1, -0.05) is 36.4 Å². The molecule has 24 heteroatoms. The van der Waals surface area contributed by atoms with Gasteiger partial charge in [-0.3, -0.25) is 29.4 Å². The van der Waals surface area contributed by atoms with Crippen LogP contribution in [-0.2, 0) is 72.4 Å². The van der Waals surface area contributed by atoms with Crippen molar-refractivity contribution >= 4 is 52.3 Å². The number of carbonyl (C=O) groups is 3. The molecule has 0 bridgehead atoms. The Bertz CT molecular complexity index is 6940. The summed E-state index contributed by atoms with van der Waals surface area (Å²) >= 11 is 0. The zero-order valence-electron chi connectivity index (χ0n) is 98.0. The molecule has 18 nitrogen and oxygen atoms in total. The van der Waals surface area contributed by atoms with E-state index >= 15 is 0 Å². The highest BCUT2D eigenvalue weighted by Crippen LogP contribution is 2.34. The van der Waals surface area contributed by atoms with Crippen molar-refractivity contribution in [3.8, 4) is 0 Å². The predicted octanol–water partition coefficient (Wildman–Crippen LogP) is 14.9. The molecule has 642 valence electrons. The molecule has 9 aromatic rings. The molecule has 9 heterocycles. The Kier molecular flexibility index (Phi) is 17.9. The van der Waals surface area contributed by atoms with Gasteiger partial charge >= 0.3 is 0 Å². The molecule has 0 aromatic heterocycles. The normalized spacial score (nSPS) is 25.0.